The van der Waals surface area contributed by atoms with Crippen LogP contribution in [-0.2, 0) is 9.47 Å². The smallest absolute Gasteiger partial charge is 0.170 e. The number of nitrogens with one attached hydrogen (secondary N) is 1. The van der Waals surface area contributed by atoms with Crippen LogP contribution in [0, 0.1) is 0 Å². The predicted molar refractivity (Wildman–Crippen MR) is 50.2 cm³/mol. The van der Waals surface area contributed by atoms with E-state index in [-0.39, 0.29) is 18.5 Å². The lowest BCUT2D eigenvalue weighted by Crippen LogP contribution is -2.33. The molecule has 0 bridgehead atoms. The molecule has 0 unspecified atom stereocenters. The van der Waals surface area contributed by atoms with Crippen molar-refractivity contribution in [1.82, 2.24) is 5.32 Å². The van der Waals surface area contributed by atoms with Gasteiger partial charge in [0.1, 0.15) is 0 Å². The Labute approximate surface area is 75.4 Å². The number of ether oxygens (including phenoxy) is 2. The van der Waals surface area contributed by atoms with Crippen molar-refractivity contribution in [3.63, 3.8) is 0 Å². The Morgan fingerprint density at radius 1 is 1.00 bits per heavy atom. The third-order valence-corrected chi connectivity index (χ3v) is 1.22. The minimum absolute atomic E-state index is 0.130. The van der Waals surface area contributed by atoms with Crippen molar-refractivity contribution in [2.45, 2.75) is 46.2 Å². The molecule has 0 aromatic carbocycles. The van der Waals surface area contributed by atoms with E-state index >= 15 is 0 Å². The van der Waals surface area contributed by atoms with Crippen molar-refractivity contribution in [2.24, 2.45) is 0 Å². The second-order valence-corrected chi connectivity index (χ2v) is 3.36. The van der Waals surface area contributed by atoms with Gasteiger partial charge in [0.05, 0.1) is 12.2 Å². The van der Waals surface area contributed by atoms with E-state index in [1.54, 1.807) is 0 Å². The third-order valence-electron chi connectivity index (χ3n) is 1.22. The Hall–Kier alpha value is -0.120. The van der Waals surface area contributed by atoms with Gasteiger partial charge in [0.2, 0.25) is 0 Å². The van der Waals surface area contributed by atoms with Gasteiger partial charge in [-0.15, -0.1) is 0 Å². The Morgan fingerprint density at radius 2 is 1.42 bits per heavy atom. The van der Waals surface area contributed by atoms with E-state index in [2.05, 4.69) is 5.32 Å². The molecule has 0 saturated heterocycles. The highest BCUT2D eigenvalue weighted by Gasteiger charge is 2.11. The van der Waals surface area contributed by atoms with Crippen LogP contribution in [0.15, 0.2) is 0 Å². The molecule has 74 valence electrons. The number of hydrogen-bond acceptors (Lipinski definition) is 3. The van der Waals surface area contributed by atoms with Crippen LogP contribution in [0.2, 0.25) is 0 Å². The lowest BCUT2D eigenvalue weighted by molar-refractivity contribution is -0.177. The molecule has 0 saturated carbocycles. The lowest BCUT2D eigenvalue weighted by Gasteiger charge is -2.22. The first-order valence-electron chi connectivity index (χ1n) is 4.51. The van der Waals surface area contributed by atoms with Crippen LogP contribution in [0.4, 0.5) is 0 Å². The summed E-state index contributed by atoms with van der Waals surface area (Å²) < 4.78 is 11.0. The molecule has 0 atom stereocenters. The van der Waals surface area contributed by atoms with Gasteiger partial charge in [-0.2, -0.15) is 0 Å². The van der Waals surface area contributed by atoms with Gasteiger partial charge in [0.15, 0.2) is 6.29 Å². The number of rotatable bonds is 6. The van der Waals surface area contributed by atoms with Crippen molar-refractivity contribution >= 4 is 0 Å². The summed E-state index contributed by atoms with van der Waals surface area (Å²) in [6, 6.07) is 0. The molecule has 0 aliphatic heterocycles. The Morgan fingerprint density at radius 3 is 1.67 bits per heavy atom. The van der Waals surface area contributed by atoms with Gasteiger partial charge < -0.3 is 14.8 Å². The monoisotopic (exact) mass is 175 g/mol. The highest BCUT2D eigenvalue weighted by molar-refractivity contribution is 4.51. The first-order valence-corrected chi connectivity index (χ1v) is 4.51. The maximum atomic E-state index is 5.52. The number of hydrogen-bond donors (Lipinski definition) is 1. The molecule has 0 amide bonds. The SMILES string of the molecule is CNCC(OC(C)C)OC(C)C. The molecular formula is C9H21NO2. The first-order chi connectivity index (χ1) is 5.56. The highest BCUT2D eigenvalue weighted by atomic mass is 16.7. The van der Waals surface area contributed by atoms with Gasteiger partial charge in [-0.25, -0.2) is 0 Å². The molecule has 12 heavy (non-hydrogen) atoms. The zero-order valence-corrected chi connectivity index (χ0v) is 8.76. The van der Waals surface area contributed by atoms with Crippen molar-refractivity contribution in [1.29, 1.82) is 0 Å². The maximum Gasteiger partial charge on any atom is 0.170 e. The van der Waals surface area contributed by atoms with Crippen LogP contribution in [-0.4, -0.2) is 32.1 Å². The summed E-state index contributed by atoms with van der Waals surface area (Å²) in [5.41, 5.74) is 0. The van der Waals surface area contributed by atoms with Gasteiger partial charge in [-0.05, 0) is 34.7 Å². The summed E-state index contributed by atoms with van der Waals surface area (Å²) in [6.45, 7) is 8.76. The fraction of sp³-hybridized carbons (Fsp3) is 1.00. The van der Waals surface area contributed by atoms with Gasteiger partial charge >= 0.3 is 0 Å². The van der Waals surface area contributed by atoms with Crippen LogP contribution in [0.25, 0.3) is 0 Å². The molecule has 0 radical (unpaired) electrons. The van der Waals surface area contributed by atoms with Gasteiger partial charge in [0, 0.05) is 6.54 Å². The van der Waals surface area contributed by atoms with E-state index in [1.165, 1.54) is 0 Å². The average molecular weight is 175 g/mol. The molecule has 0 heterocycles. The van der Waals surface area contributed by atoms with Crippen molar-refractivity contribution in [3.05, 3.63) is 0 Å². The van der Waals surface area contributed by atoms with Crippen molar-refractivity contribution in [3.8, 4) is 0 Å². The quantitative estimate of drug-likeness (QED) is 0.619. The van der Waals surface area contributed by atoms with E-state index < -0.39 is 0 Å². The second-order valence-electron chi connectivity index (χ2n) is 3.36. The molecule has 0 aromatic rings. The molecule has 0 fully saturated rings. The molecule has 0 aromatic heterocycles. The third kappa shape index (κ3) is 6.58. The van der Waals surface area contributed by atoms with Gasteiger partial charge in [-0.3, -0.25) is 0 Å². The van der Waals surface area contributed by atoms with E-state index in [0.29, 0.717) is 0 Å². The van der Waals surface area contributed by atoms with Crippen molar-refractivity contribution in [2.75, 3.05) is 13.6 Å². The minimum atomic E-state index is -0.130. The van der Waals surface area contributed by atoms with Crippen LogP contribution >= 0.6 is 0 Å². The van der Waals surface area contributed by atoms with E-state index in [1.807, 2.05) is 34.7 Å². The fourth-order valence-corrected chi connectivity index (χ4v) is 0.902. The number of likely N-dealkylation sites (N-methyl/N-ethyl adjacent to an activating group) is 1. The minimum Gasteiger partial charge on any atom is -0.349 e. The molecule has 0 rings (SSSR count). The van der Waals surface area contributed by atoms with E-state index in [4.69, 9.17) is 9.47 Å². The Balaban J connectivity index is 3.69. The topological polar surface area (TPSA) is 30.5 Å². The van der Waals surface area contributed by atoms with Crippen LogP contribution < -0.4 is 5.32 Å². The van der Waals surface area contributed by atoms with Crippen LogP contribution in [0.5, 0.6) is 0 Å². The maximum absolute atomic E-state index is 5.52. The lowest BCUT2D eigenvalue weighted by atomic mass is 10.4. The normalized spacial score (nSPS) is 12.0. The fourth-order valence-electron chi connectivity index (χ4n) is 0.902. The summed E-state index contributed by atoms with van der Waals surface area (Å²) in [6.07, 6.45) is 0.291. The summed E-state index contributed by atoms with van der Waals surface area (Å²) in [4.78, 5) is 0. The molecule has 1 N–H and O–H groups in total. The van der Waals surface area contributed by atoms with Crippen molar-refractivity contribution < 1.29 is 9.47 Å². The highest BCUT2D eigenvalue weighted by Crippen LogP contribution is 2.02. The van der Waals surface area contributed by atoms with Gasteiger partial charge in [0.25, 0.3) is 0 Å². The molecule has 3 nitrogen and oxygen atoms in total. The molecule has 3 heteroatoms. The predicted octanol–water partition coefficient (Wildman–Crippen LogP) is 1.38. The summed E-state index contributed by atoms with van der Waals surface area (Å²) in [5, 5.41) is 3.03. The zero-order valence-electron chi connectivity index (χ0n) is 8.76. The van der Waals surface area contributed by atoms with E-state index in [9.17, 15) is 0 Å². The molecule has 0 aliphatic rings. The summed E-state index contributed by atoms with van der Waals surface area (Å²) in [5.74, 6) is 0. The van der Waals surface area contributed by atoms with E-state index in [0.717, 1.165) is 6.54 Å². The van der Waals surface area contributed by atoms with Crippen LogP contribution in [0.1, 0.15) is 27.7 Å². The largest absolute Gasteiger partial charge is 0.349 e. The molecule has 0 aliphatic carbocycles. The second kappa shape index (κ2) is 6.40. The Kier molecular flexibility index (Phi) is 6.34. The Bertz CT molecular complexity index is 94.7. The van der Waals surface area contributed by atoms with Gasteiger partial charge in [-0.1, -0.05) is 0 Å². The summed E-state index contributed by atoms with van der Waals surface area (Å²) in [7, 11) is 1.89. The molecule has 0 spiro atoms. The first kappa shape index (κ1) is 11.9. The zero-order chi connectivity index (χ0) is 9.56. The molecular weight excluding hydrogens is 154 g/mol. The van der Waals surface area contributed by atoms with Crippen LogP contribution in [0.3, 0.4) is 0 Å². The standard InChI is InChI=1S/C9H21NO2/c1-7(2)11-9(6-10-5)12-8(3)4/h7-10H,6H2,1-5H3. The average Bonchev–Trinajstić information content (AvgIpc) is 1.84. The summed E-state index contributed by atoms with van der Waals surface area (Å²) >= 11 is 0.